The van der Waals surface area contributed by atoms with Crippen LogP contribution in [0.25, 0.3) is 55.8 Å². The first-order valence-corrected chi connectivity index (χ1v) is 10.0. The van der Waals surface area contributed by atoms with E-state index >= 15 is 0 Å². The summed E-state index contributed by atoms with van der Waals surface area (Å²) in [6.07, 6.45) is 8.62. The highest BCUT2D eigenvalue weighted by atomic mass is 19.1. The van der Waals surface area contributed by atoms with Gasteiger partial charge >= 0.3 is 0 Å². The fourth-order valence-corrected chi connectivity index (χ4v) is 3.90. The second-order valence-corrected chi connectivity index (χ2v) is 7.53. The van der Waals surface area contributed by atoms with E-state index in [2.05, 4.69) is 30.1 Å². The standard InChI is InChI=1S/C24H16FN7/c1-13-6-7-26-9-16(13)19-8-15-20(12-28-19)31-32-23(15)24-29-21-11-27-10-17(22(21)30-24)14-4-2-3-5-18(14)25/h2-12H,1H3,(H,29,30)(H,31,32). The summed E-state index contributed by atoms with van der Waals surface area (Å²) in [6, 6.07) is 10.5. The lowest BCUT2D eigenvalue weighted by Crippen LogP contribution is -1.89. The third-order valence-electron chi connectivity index (χ3n) is 5.54. The van der Waals surface area contributed by atoms with Crippen molar-refractivity contribution in [1.82, 2.24) is 35.1 Å². The van der Waals surface area contributed by atoms with Crippen molar-refractivity contribution in [3.8, 4) is 33.9 Å². The Morgan fingerprint density at radius 3 is 2.62 bits per heavy atom. The first kappa shape index (κ1) is 18.3. The van der Waals surface area contributed by atoms with E-state index in [0.717, 1.165) is 27.7 Å². The molecular weight excluding hydrogens is 405 g/mol. The molecule has 6 rings (SSSR count). The molecule has 0 aliphatic heterocycles. The van der Waals surface area contributed by atoms with Crippen LogP contribution in [0.1, 0.15) is 5.56 Å². The van der Waals surface area contributed by atoms with Gasteiger partial charge in [-0.3, -0.25) is 20.1 Å². The maximum absolute atomic E-state index is 14.4. The van der Waals surface area contributed by atoms with Crippen LogP contribution in [0.3, 0.4) is 0 Å². The minimum absolute atomic E-state index is 0.320. The Bertz CT molecular complexity index is 1620. The molecule has 5 heterocycles. The zero-order valence-electron chi connectivity index (χ0n) is 17.0. The van der Waals surface area contributed by atoms with Crippen molar-refractivity contribution in [2.24, 2.45) is 0 Å². The van der Waals surface area contributed by atoms with E-state index in [4.69, 9.17) is 4.98 Å². The van der Waals surface area contributed by atoms with Gasteiger partial charge in [0, 0.05) is 40.7 Å². The van der Waals surface area contributed by atoms with E-state index in [-0.39, 0.29) is 5.82 Å². The van der Waals surface area contributed by atoms with Crippen LogP contribution in [-0.4, -0.2) is 35.1 Å². The molecule has 0 saturated carbocycles. The molecule has 0 radical (unpaired) electrons. The van der Waals surface area contributed by atoms with Gasteiger partial charge in [0.25, 0.3) is 0 Å². The molecule has 6 aromatic rings. The number of imidazole rings is 1. The van der Waals surface area contributed by atoms with Crippen LogP contribution in [0, 0.1) is 12.7 Å². The number of halogens is 1. The maximum atomic E-state index is 14.4. The Balaban J connectivity index is 1.53. The topological polar surface area (TPSA) is 96.0 Å². The van der Waals surface area contributed by atoms with E-state index in [1.807, 2.05) is 19.1 Å². The summed E-state index contributed by atoms with van der Waals surface area (Å²) >= 11 is 0. The Morgan fingerprint density at radius 1 is 0.875 bits per heavy atom. The predicted molar refractivity (Wildman–Crippen MR) is 120 cm³/mol. The fourth-order valence-electron chi connectivity index (χ4n) is 3.90. The van der Waals surface area contributed by atoms with Crippen LogP contribution in [0.5, 0.6) is 0 Å². The fraction of sp³-hybridized carbons (Fsp3) is 0.0417. The predicted octanol–water partition coefficient (Wildman–Crippen LogP) is 5.07. The van der Waals surface area contributed by atoms with Crippen LogP contribution >= 0.6 is 0 Å². The van der Waals surface area contributed by atoms with E-state index in [9.17, 15) is 4.39 Å². The van der Waals surface area contributed by atoms with Crippen molar-refractivity contribution in [2.45, 2.75) is 6.92 Å². The van der Waals surface area contributed by atoms with Gasteiger partial charge in [-0.15, -0.1) is 0 Å². The first-order valence-electron chi connectivity index (χ1n) is 10.0. The molecule has 2 N–H and O–H groups in total. The zero-order valence-corrected chi connectivity index (χ0v) is 17.0. The number of pyridine rings is 3. The molecule has 0 aliphatic rings. The Kier molecular flexibility index (Phi) is 4.04. The molecule has 1 aromatic carbocycles. The largest absolute Gasteiger partial charge is 0.335 e. The molecule has 0 atom stereocenters. The lowest BCUT2D eigenvalue weighted by Gasteiger charge is -2.04. The van der Waals surface area contributed by atoms with Crippen LogP contribution in [0.4, 0.5) is 4.39 Å². The van der Waals surface area contributed by atoms with Crippen molar-refractivity contribution >= 4 is 21.9 Å². The van der Waals surface area contributed by atoms with Crippen LogP contribution in [0.15, 0.2) is 67.4 Å². The molecule has 0 unspecified atom stereocenters. The van der Waals surface area contributed by atoms with Crippen LogP contribution in [-0.2, 0) is 0 Å². The first-order chi connectivity index (χ1) is 15.7. The molecule has 0 spiro atoms. The SMILES string of the molecule is Cc1ccncc1-c1cc2c(-c3nc4c(-c5ccccc5F)cncc4[nH]3)n[nH]c2cn1. The van der Waals surface area contributed by atoms with Gasteiger partial charge in [0.05, 0.1) is 29.1 Å². The quantitative estimate of drug-likeness (QED) is 0.416. The van der Waals surface area contributed by atoms with Gasteiger partial charge in [-0.25, -0.2) is 9.37 Å². The second-order valence-electron chi connectivity index (χ2n) is 7.53. The van der Waals surface area contributed by atoms with Crippen LogP contribution in [0.2, 0.25) is 0 Å². The number of H-pyrrole nitrogens is 2. The summed E-state index contributed by atoms with van der Waals surface area (Å²) in [7, 11) is 0. The summed E-state index contributed by atoms with van der Waals surface area (Å²) in [5.41, 5.74) is 6.70. The second kappa shape index (κ2) is 7.05. The average molecular weight is 421 g/mol. The molecule has 8 heteroatoms. The summed E-state index contributed by atoms with van der Waals surface area (Å²) in [5, 5.41) is 8.36. The van der Waals surface area contributed by atoms with Crippen LogP contribution < -0.4 is 0 Å². The third kappa shape index (κ3) is 2.84. The number of hydrogen-bond acceptors (Lipinski definition) is 5. The van der Waals surface area contributed by atoms with Gasteiger partial charge in [0.15, 0.2) is 5.82 Å². The number of benzene rings is 1. The molecular formula is C24H16FN7. The lowest BCUT2D eigenvalue weighted by molar-refractivity contribution is 0.631. The smallest absolute Gasteiger partial charge is 0.159 e. The van der Waals surface area contributed by atoms with E-state index in [1.54, 1.807) is 49.2 Å². The molecule has 0 aliphatic carbocycles. The van der Waals surface area contributed by atoms with Crippen molar-refractivity contribution < 1.29 is 4.39 Å². The molecule has 32 heavy (non-hydrogen) atoms. The highest BCUT2D eigenvalue weighted by molar-refractivity contribution is 5.97. The van der Waals surface area contributed by atoms with Gasteiger partial charge in [-0.1, -0.05) is 18.2 Å². The zero-order chi connectivity index (χ0) is 21.7. The normalized spacial score (nSPS) is 11.4. The number of aryl methyl sites for hydroxylation is 1. The van der Waals surface area contributed by atoms with E-state index < -0.39 is 0 Å². The highest BCUT2D eigenvalue weighted by Crippen LogP contribution is 2.33. The lowest BCUT2D eigenvalue weighted by atomic mass is 10.1. The van der Waals surface area contributed by atoms with Crippen molar-refractivity contribution in [2.75, 3.05) is 0 Å². The van der Waals surface area contributed by atoms with Gasteiger partial charge in [0.2, 0.25) is 0 Å². The summed E-state index contributed by atoms with van der Waals surface area (Å²) in [5.74, 6) is 0.246. The third-order valence-corrected chi connectivity index (χ3v) is 5.54. The summed E-state index contributed by atoms with van der Waals surface area (Å²) < 4.78 is 14.4. The summed E-state index contributed by atoms with van der Waals surface area (Å²) in [6.45, 7) is 2.02. The number of nitrogens with zero attached hydrogens (tertiary/aromatic N) is 5. The number of nitrogens with one attached hydrogen (secondary N) is 2. The molecule has 0 amide bonds. The molecule has 0 fully saturated rings. The minimum Gasteiger partial charge on any atom is -0.335 e. The number of hydrogen-bond donors (Lipinski definition) is 2. The highest BCUT2D eigenvalue weighted by Gasteiger charge is 2.17. The monoisotopic (exact) mass is 421 g/mol. The van der Waals surface area contributed by atoms with Gasteiger partial charge in [-0.2, -0.15) is 5.10 Å². The number of fused-ring (bicyclic) bond motifs is 2. The Morgan fingerprint density at radius 2 is 1.75 bits per heavy atom. The minimum atomic E-state index is -0.320. The van der Waals surface area contributed by atoms with Crippen molar-refractivity contribution in [3.05, 3.63) is 78.8 Å². The number of aromatic nitrogens is 7. The molecule has 0 bridgehead atoms. The number of aromatic amines is 2. The van der Waals surface area contributed by atoms with Crippen molar-refractivity contribution in [3.63, 3.8) is 0 Å². The number of rotatable bonds is 3. The average Bonchev–Trinajstić information content (AvgIpc) is 3.43. The maximum Gasteiger partial charge on any atom is 0.159 e. The van der Waals surface area contributed by atoms with Gasteiger partial charge in [-0.05, 0) is 30.7 Å². The molecule has 7 nitrogen and oxygen atoms in total. The molecule has 5 aromatic heterocycles. The molecule has 154 valence electrons. The van der Waals surface area contributed by atoms with Gasteiger partial charge in [0.1, 0.15) is 17.0 Å². The Labute approximate surface area is 181 Å². The van der Waals surface area contributed by atoms with Crippen molar-refractivity contribution in [1.29, 1.82) is 0 Å². The van der Waals surface area contributed by atoms with E-state index in [1.165, 1.54) is 6.07 Å². The Hall–Kier alpha value is -4.46. The van der Waals surface area contributed by atoms with E-state index in [0.29, 0.717) is 33.7 Å². The van der Waals surface area contributed by atoms with Gasteiger partial charge < -0.3 is 4.98 Å². The summed E-state index contributed by atoms with van der Waals surface area (Å²) in [4.78, 5) is 21.1. The molecule has 0 saturated heterocycles.